The number of nitrogens with zero attached hydrogens (tertiary/aromatic N) is 1. The molecule has 0 fully saturated rings. The maximum absolute atomic E-state index is 8.95. The number of aromatic nitrogens is 1. The van der Waals surface area contributed by atoms with Gasteiger partial charge in [-0.05, 0) is 48.4 Å². The number of aliphatic hydroxyl groups excluding tert-OH is 2. The molecule has 1 radical (unpaired) electrons. The van der Waals surface area contributed by atoms with E-state index in [2.05, 4.69) is 61.3 Å². The zero-order valence-electron chi connectivity index (χ0n) is 22.3. The van der Waals surface area contributed by atoms with E-state index < -0.39 is 32.3 Å². The van der Waals surface area contributed by atoms with Crippen molar-refractivity contribution in [2.75, 3.05) is 0 Å². The van der Waals surface area contributed by atoms with Gasteiger partial charge in [0.2, 0.25) is 0 Å². The molecular formula is C25H28IrNO2-. The molecule has 2 N–H and O–H groups in total. The summed E-state index contributed by atoms with van der Waals surface area (Å²) >= 11 is 0. The number of rotatable bonds is 3. The Morgan fingerprint density at radius 3 is 2.34 bits per heavy atom. The predicted molar refractivity (Wildman–Crippen MR) is 114 cm³/mol. The summed E-state index contributed by atoms with van der Waals surface area (Å²) in [5, 5.41) is 17.9. The van der Waals surface area contributed by atoms with Crippen molar-refractivity contribution in [3.63, 3.8) is 0 Å². The summed E-state index contributed by atoms with van der Waals surface area (Å²) in [7, 11) is 0. The zero-order valence-corrected chi connectivity index (χ0v) is 18.7. The first-order chi connectivity index (χ1) is 15.7. The van der Waals surface area contributed by atoms with Crippen LogP contribution in [0.3, 0.4) is 0 Å². The first kappa shape index (κ1) is 15.9. The van der Waals surface area contributed by atoms with Gasteiger partial charge in [0, 0.05) is 34.5 Å². The van der Waals surface area contributed by atoms with Crippen LogP contribution in [0.25, 0.3) is 22.4 Å². The second-order valence-corrected chi connectivity index (χ2v) is 7.29. The van der Waals surface area contributed by atoms with Crippen LogP contribution in [0.1, 0.15) is 53.3 Å². The van der Waals surface area contributed by atoms with Gasteiger partial charge < -0.3 is 15.2 Å². The summed E-state index contributed by atoms with van der Waals surface area (Å²) < 4.78 is 40.3. The molecule has 0 amide bonds. The summed E-state index contributed by atoms with van der Waals surface area (Å²) in [6, 6.07) is 22.3. The summed E-state index contributed by atoms with van der Waals surface area (Å²) in [5.74, 6) is 0. The minimum atomic E-state index is -2.65. The van der Waals surface area contributed by atoms with Gasteiger partial charge in [0.15, 0.2) is 0 Å². The quantitative estimate of drug-likeness (QED) is 0.435. The second-order valence-electron chi connectivity index (χ2n) is 7.29. The van der Waals surface area contributed by atoms with Crippen molar-refractivity contribution >= 4 is 0 Å². The molecule has 0 saturated heterocycles. The van der Waals surface area contributed by atoms with E-state index in [1.54, 1.807) is 0 Å². The third-order valence-electron chi connectivity index (χ3n) is 4.88. The van der Waals surface area contributed by atoms with E-state index in [4.69, 9.17) is 18.4 Å². The fourth-order valence-electron chi connectivity index (χ4n) is 3.69. The van der Waals surface area contributed by atoms with E-state index in [9.17, 15) is 0 Å². The Labute approximate surface area is 195 Å². The average molecular weight is 573 g/mol. The molecule has 2 aromatic carbocycles. The predicted octanol–water partition coefficient (Wildman–Crippen LogP) is 4.99. The molecule has 3 nitrogen and oxygen atoms in total. The Kier molecular flexibility index (Phi) is 5.37. The van der Waals surface area contributed by atoms with E-state index >= 15 is 0 Å². The fourth-order valence-corrected chi connectivity index (χ4v) is 3.69. The van der Waals surface area contributed by atoms with Crippen LogP contribution in [0.2, 0.25) is 0 Å². The molecule has 29 heavy (non-hydrogen) atoms. The molecule has 1 aromatic heterocycles. The second kappa shape index (κ2) is 9.77. The minimum Gasteiger partial charge on any atom is -0.393 e. The molecule has 0 spiro atoms. The average Bonchev–Trinajstić information content (AvgIpc) is 3.01. The van der Waals surface area contributed by atoms with Crippen molar-refractivity contribution in [1.82, 2.24) is 4.98 Å². The Morgan fingerprint density at radius 1 is 1.00 bits per heavy atom. The zero-order chi connectivity index (χ0) is 25.3. The topological polar surface area (TPSA) is 53.4 Å². The van der Waals surface area contributed by atoms with Gasteiger partial charge in [-0.25, -0.2) is 0 Å². The minimum absolute atomic E-state index is 0. The molecule has 2 unspecified atom stereocenters. The maximum atomic E-state index is 8.95. The maximum Gasteiger partial charge on any atom is 0.0536 e. The van der Waals surface area contributed by atoms with Gasteiger partial charge >= 0.3 is 0 Å². The van der Waals surface area contributed by atoms with Crippen molar-refractivity contribution in [3.05, 3.63) is 78.0 Å². The molecule has 0 bridgehead atoms. The Balaban J connectivity index is 0.000000271. The van der Waals surface area contributed by atoms with E-state index in [0.717, 1.165) is 11.3 Å². The van der Waals surface area contributed by atoms with E-state index in [1.165, 1.54) is 22.3 Å². The Hall–Kier alpha value is -1.84. The van der Waals surface area contributed by atoms with Gasteiger partial charge in [0.05, 0.1) is 12.2 Å². The van der Waals surface area contributed by atoms with Gasteiger partial charge in [-0.3, -0.25) is 0 Å². The van der Waals surface area contributed by atoms with Crippen LogP contribution < -0.4 is 0 Å². The molecule has 1 heterocycles. The standard InChI is InChI=1S/C20H16N.C5H12O2.Ir/c1-20(2)17-11-4-3-8-14(17)15-9-7-10-16(19(15)20)18-12-5-6-13-21-18;1-4(6)3-5(2)7;/h3-9,11-13H,1-2H3;4-7H,3H2,1-2H3;/q-1;;/i;1D3,2D3;. The van der Waals surface area contributed by atoms with E-state index in [0.29, 0.717) is 0 Å². The van der Waals surface area contributed by atoms with Crippen molar-refractivity contribution < 1.29 is 38.5 Å². The Morgan fingerprint density at radius 2 is 1.69 bits per heavy atom. The SMILES string of the molecule is CC1(C)c2ccccc2-c2cc[c-]c(-c3ccccn3)c21.[2H]C([2H])([2H])C(O)CC(O)C([2H])([2H])[2H].[Ir]. The largest absolute Gasteiger partial charge is 0.393 e. The number of fused-ring (bicyclic) bond motifs is 3. The van der Waals surface area contributed by atoms with Crippen LogP contribution in [0.5, 0.6) is 0 Å². The van der Waals surface area contributed by atoms with Crippen LogP contribution >= 0.6 is 0 Å². The molecule has 2 atom stereocenters. The van der Waals surface area contributed by atoms with Crippen molar-refractivity contribution in [3.8, 4) is 22.4 Å². The number of aliphatic hydroxyl groups is 2. The third-order valence-corrected chi connectivity index (χ3v) is 4.88. The van der Waals surface area contributed by atoms with Gasteiger partial charge in [0.25, 0.3) is 0 Å². The molecule has 155 valence electrons. The molecule has 0 saturated carbocycles. The van der Waals surface area contributed by atoms with Crippen LogP contribution in [0.4, 0.5) is 0 Å². The molecule has 4 rings (SSSR count). The molecule has 0 aliphatic heterocycles. The molecular weight excluding hydrogens is 538 g/mol. The molecule has 1 aliphatic rings. The van der Waals surface area contributed by atoms with Crippen LogP contribution in [0.15, 0.2) is 60.8 Å². The first-order valence-corrected chi connectivity index (χ1v) is 9.17. The van der Waals surface area contributed by atoms with E-state index in [1.807, 2.05) is 24.4 Å². The van der Waals surface area contributed by atoms with Gasteiger partial charge in [-0.1, -0.05) is 55.8 Å². The van der Waals surface area contributed by atoms with Crippen molar-refractivity contribution in [1.29, 1.82) is 0 Å². The third kappa shape index (κ3) is 5.02. The van der Waals surface area contributed by atoms with Crippen molar-refractivity contribution in [2.45, 2.75) is 51.6 Å². The molecule has 4 heteroatoms. The fraction of sp³-hybridized carbons (Fsp3) is 0.320. The van der Waals surface area contributed by atoms with Crippen molar-refractivity contribution in [2.24, 2.45) is 0 Å². The van der Waals surface area contributed by atoms with Gasteiger partial charge in [-0.2, -0.15) is 0 Å². The number of hydrogen-bond acceptors (Lipinski definition) is 3. The number of pyridine rings is 1. The normalized spacial score (nSPS) is 19.0. The molecule has 1 aliphatic carbocycles. The summed E-state index contributed by atoms with van der Waals surface area (Å²) in [4.78, 5) is 4.52. The first-order valence-electron chi connectivity index (χ1n) is 12.2. The summed E-state index contributed by atoms with van der Waals surface area (Å²) in [6.07, 6.45) is -2.43. The van der Waals surface area contributed by atoms with Crippen LogP contribution in [0, 0.1) is 6.07 Å². The number of hydrogen-bond donors (Lipinski definition) is 2. The van der Waals surface area contributed by atoms with Crippen LogP contribution in [-0.2, 0) is 25.5 Å². The number of benzene rings is 2. The van der Waals surface area contributed by atoms with Gasteiger partial charge in [-0.15, -0.1) is 29.3 Å². The monoisotopic (exact) mass is 573 g/mol. The van der Waals surface area contributed by atoms with Crippen LogP contribution in [-0.4, -0.2) is 27.4 Å². The summed E-state index contributed by atoms with van der Waals surface area (Å²) in [5.41, 5.74) is 7.47. The molecule has 3 aromatic rings. The smallest absolute Gasteiger partial charge is 0.0536 e. The van der Waals surface area contributed by atoms with Gasteiger partial charge in [0.1, 0.15) is 0 Å². The summed E-state index contributed by atoms with van der Waals surface area (Å²) in [6.45, 7) is -0.714. The van der Waals surface area contributed by atoms with E-state index in [-0.39, 0.29) is 25.5 Å². The Bertz CT molecular complexity index is 1110.